The van der Waals surface area contributed by atoms with Crippen molar-refractivity contribution in [3.63, 3.8) is 0 Å². The molecule has 3 rings (SSSR count). The highest BCUT2D eigenvalue weighted by Crippen LogP contribution is 2.23. The van der Waals surface area contributed by atoms with Gasteiger partial charge in [0.1, 0.15) is 28.5 Å². The quantitative estimate of drug-likeness (QED) is 0.230. The van der Waals surface area contributed by atoms with E-state index in [4.69, 9.17) is 10.00 Å². The maximum absolute atomic E-state index is 12.4. The summed E-state index contributed by atoms with van der Waals surface area (Å²) in [5.41, 5.74) is 1.16. The van der Waals surface area contributed by atoms with Crippen LogP contribution >= 0.6 is 11.8 Å². The number of thiocyanates is 1. The summed E-state index contributed by atoms with van der Waals surface area (Å²) >= 11 is 1.06. The fourth-order valence-corrected chi connectivity index (χ4v) is 2.78. The van der Waals surface area contributed by atoms with Gasteiger partial charge >= 0.3 is 0 Å². The third-order valence-corrected chi connectivity index (χ3v) is 4.46. The van der Waals surface area contributed by atoms with Crippen LogP contribution in [0.5, 0.6) is 11.5 Å². The van der Waals surface area contributed by atoms with Gasteiger partial charge in [0.05, 0.1) is 0 Å². The van der Waals surface area contributed by atoms with E-state index in [1.165, 1.54) is 6.20 Å². The summed E-state index contributed by atoms with van der Waals surface area (Å²) in [6.07, 6.45) is 1.34. The van der Waals surface area contributed by atoms with Gasteiger partial charge in [-0.05, 0) is 72.4 Å². The number of amides is 1. The zero-order valence-electron chi connectivity index (χ0n) is 15.7. The number of nitriles is 2. The van der Waals surface area contributed by atoms with Crippen molar-refractivity contribution >= 4 is 29.0 Å². The normalized spacial score (nSPS) is 10.4. The lowest BCUT2D eigenvalue weighted by molar-refractivity contribution is -0.112. The van der Waals surface area contributed by atoms with Gasteiger partial charge in [-0.2, -0.15) is 10.5 Å². The molecule has 3 aromatic carbocycles. The number of carbonyl (C=O) groups excluding carboxylic acids is 1. The Labute approximate surface area is 178 Å². The first-order valence-corrected chi connectivity index (χ1v) is 9.67. The molecule has 30 heavy (non-hydrogen) atoms. The molecule has 0 atom stereocenters. The molecule has 2 N–H and O–H groups in total. The summed E-state index contributed by atoms with van der Waals surface area (Å²) in [6, 6.07) is 25.2. The van der Waals surface area contributed by atoms with E-state index < -0.39 is 5.91 Å². The number of thioether (sulfide) groups is 1. The fourth-order valence-electron chi connectivity index (χ4n) is 2.41. The molecular formula is C23H16N4O2S. The number of hydrogen-bond donors (Lipinski definition) is 2. The standard InChI is InChI=1S/C23H16N4O2S/c24-14-17(15-26-18-8-12-22(13-9-18)30-16-25)23(28)27-19-6-10-21(11-7-19)29-20-4-2-1-3-5-20/h1-13,15,26H,(H,27,28)/b17-15-. The summed E-state index contributed by atoms with van der Waals surface area (Å²) in [6.45, 7) is 0. The average Bonchev–Trinajstić information content (AvgIpc) is 2.77. The molecular weight excluding hydrogens is 396 g/mol. The number of rotatable bonds is 7. The van der Waals surface area contributed by atoms with Gasteiger partial charge in [0.2, 0.25) is 0 Å². The molecule has 0 fully saturated rings. The van der Waals surface area contributed by atoms with Crippen LogP contribution in [0.1, 0.15) is 0 Å². The van der Waals surface area contributed by atoms with Crippen LogP contribution in [0.2, 0.25) is 0 Å². The molecule has 146 valence electrons. The number of para-hydroxylation sites is 1. The van der Waals surface area contributed by atoms with Crippen molar-refractivity contribution < 1.29 is 9.53 Å². The predicted molar refractivity (Wildman–Crippen MR) is 117 cm³/mol. The van der Waals surface area contributed by atoms with E-state index in [9.17, 15) is 10.1 Å². The second-order valence-corrected chi connectivity index (χ2v) is 6.78. The summed E-state index contributed by atoms with van der Waals surface area (Å²) in [5.74, 6) is 0.822. The maximum atomic E-state index is 12.4. The first-order valence-electron chi connectivity index (χ1n) is 8.85. The summed E-state index contributed by atoms with van der Waals surface area (Å²) in [4.78, 5) is 13.2. The Morgan fingerprint density at radius 3 is 2.13 bits per heavy atom. The van der Waals surface area contributed by atoms with Crippen LogP contribution in [0.25, 0.3) is 0 Å². The monoisotopic (exact) mass is 412 g/mol. The third kappa shape index (κ3) is 5.90. The van der Waals surface area contributed by atoms with Gasteiger partial charge in [-0.25, -0.2) is 0 Å². The van der Waals surface area contributed by atoms with Crippen molar-refractivity contribution in [1.29, 1.82) is 10.5 Å². The van der Waals surface area contributed by atoms with Crippen LogP contribution in [0.4, 0.5) is 11.4 Å². The number of carbonyl (C=O) groups is 1. The van der Waals surface area contributed by atoms with Gasteiger partial charge in [-0.15, -0.1) is 0 Å². The van der Waals surface area contributed by atoms with Crippen LogP contribution in [-0.4, -0.2) is 5.91 Å². The van der Waals surface area contributed by atoms with Crippen LogP contribution in [-0.2, 0) is 4.79 Å². The number of hydrogen-bond acceptors (Lipinski definition) is 6. The molecule has 0 heterocycles. The van der Waals surface area contributed by atoms with E-state index in [1.807, 2.05) is 41.8 Å². The first kappa shape index (κ1) is 20.5. The van der Waals surface area contributed by atoms with Crippen LogP contribution in [0.15, 0.2) is 95.5 Å². The highest BCUT2D eigenvalue weighted by molar-refractivity contribution is 8.03. The largest absolute Gasteiger partial charge is 0.457 e. The van der Waals surface area contributed by atoms with E-state index in [1.54, 1.807) is 48.5 Å². The van der Waals surface area contributed by atoms with Gasteiger partial charge in [0, 0.05) is 22.5 Å². The first-order chi connectivity index (χ1) is 14.7. The van der Waals surface area contributed by atoms with E-state index in [-0.39, 0.29) is 5.57 Å². The lowest BCUT2D eigenvalue weighted by atomic mass is 10.2. The molecule has 0 saturated heterocycles. The second-order valence-electron chi connectivity index (χ2n) is 5.93. The predicted octanol–water partition coefficient (Wildman–Crippen LogP) is 5.51. The fraction of sp³-hybridized carbons (Fsp3) is 0. The molecule has 0 aliphatic rings. The molecule has 0 saturated carbocycles. The Balaban J connectivity index is 1.59. The molecule has 0 aliphatic carbocycles. The van der Waals surface area contributed by atoms with Crippen molar-refractivity contribution in [2.24, 2.45) is 0 Å². The molecule has 6 nitrogen and oxygen atoms in total. The van der Waals surface area contributed by atoms with E-state index in [2.05, 4.69) is 10.6 Å². The minimum absolute atomic E-state index is 0.0740. The van der Waals surface area contributed by atoms with E-state index in [0.29, 0.717) is 22.9 Å². The average molecular weight is 412 g/mol. The van der Waals surface area contributed by atoms with Crippen molar-refractivity contribution in [3.05, 3.63) is 90.6 Å². The molecule has 0 bridgehead atoms. The molecule has 0 radical (unpaired) electrons. The van der Waals surface area contributed by atoms with Crippen LogP contribution in [0.3, 0.4) is 0 Å². The lowest BCUT2D eigenvalue weighted by Gasteiger charge is -2.08. The Morgan fingerprint density at radius 1 is 0.867 bits per heavy atom. The number of nitrogens with zero attached hydrogens (tertiary/aromatic N) is 2. The summed E-state index contributed by atoms with van der Waals surface area (Å²) in [7, 11) is 0. The molecule has 7 heteroatoms. The van der Waals surface area contributed by atoms with E-state index in [0.717, 1.165) is 16.7 Å². The minimum Gasteiger partial charge on any atom is -0.457 e. The zero-order valence-corrected chi connectivity index (χ0v) is 16.5. The highest BCUT2D eigenvalue weighted by Gasteiger charge is 2.09. The van der Waals surface area contributed by atoms with Gasteiger partial charge in [0.25, 0.3) is 5.91 Å². The van der Waals surface area contributed by atoms with Crippen LogP contribution in [0, 0.1) is 22.0 Å². The van der Waals surface area contributed by atoms with Gasteiger partial charge in [0.15, 0.2) is 0 Å². The molecule has 0 unspecified atom stereocenters. The second kappa shape index (κ2) is 10.4. The molecule has 1 amide bonds. The molecule has 0 aromatic heterocycles. The number of benzene rings is 3. The topological polar surface area (TPSA) is 97.9 Å². The van der Waals surface area contributed by atoms with Gasteiger partial charge < -0.3 is 15.4 Å². The Kier molecular flexibility index (Phi) is 7.10. The van der Waals surface area contributed by atoms with Gasteiger partial charge in [-0.1, -0.05) is 18.2 Å². The number of anilines is 2. The molecule has 0 spiro atoms. The summed E-state index contributed by atoms with van der Waals surface area (Å²) < 4.78 is 5.71. The number of ether oxygens (including phenoxy) is 1. The SMILES string of the molecule is N#CSc1ccc(N/C=C(/C#N)C(=O)Nc2ccc(Oc3ccccc3)cc2)cc1. The van der Waals surface area contributed by atoms with Gasteiger partial charge in [-0.3, -0.25) is 4.79 Å². The molecule has 3 aromatic rings. The van der Waals surface area contributed by atoms with Crippen LogP contribution < -0.4 is 15.4 Å². The van der Waals surface area contributed by atoms with Crippen molar-refractivity contribution in [2.75, 3.05) is 10.6 Å². The Morgan fingerprint density at radius 2 is 1.50 bits per heavy atom. The van der Waals surface area contributed by atoms with Crippen molar-refractivity contribution in [1.82, 2.24) is 0 Å². The van der Waals surface area contributed by atoms with Crippen molar-refractivity contribution in [3.8, 4) is 23.0 Å². The Bertz CT molecular complexity index is 1110. The zero-order chi connectivity index (χ0) is 21.2. The molecule has 0 aliphatic heterocycles. The smallest absolute Gasteiger partial charge is 0.267 e. The maximum Gasteiger partial charge on any atom is 0.267 e. The Hall–Kier alpha value is -4.20. The minimum atomic E-state index is -0.529. The lowest BCUT2D eigenvalue weighted by Crippen LogP contribution is -2.14. The highest BCUT2D eigenvalue weighted by atomic mass is 32.2. The third-order valence-electron chi connectivity index (χ3n) is 3.86. The number of nitrogens with one attached hydrogen (secondary N) is 2. The van der Waals surface area contributed by atoms with Crippen molar-refractivity contribution in [2.45, 2.75) is 4.90 Å². The van der Waals surface area contributed by atoms with E-state index >= 15 is 0 Å². The summed E-state index contributed by atoms with van der Waals surface area (Å²) in [5, 5.41) is 25.5.